The van der Waals surface area contributed by atoms with Crippen LogP contribution in [0.4, 0.5) is 0 Å². The molecular formula is C4H8O2S2. The Hall–Kier alpha value is 0.170. The molecule has 4 heteroatoms. The van der Waals surface area contributed by atoms with E-state index in [9.17, 15) is 4.79 Å². The van der Waals surface area contributed by atoms with Crippen molar-refractivity contribution < 1.29 is 8.98 Å². The molecule has 0 aliphatic rings. The van der Waals surface area contributed by atoms with Crippen LogP contribution in [0.1, 0.15) is 19.8 Å². The van der Waals surface area contributed by atoms with E-state index in [1.54, 1.807) is 0 Å². The number of carbonyl (C=O) groups excluding carboxylic acids is 1. The summed E-state index contributed by atoms with van der Waals surface area (Å²) in [5, 5.41) is 0. The van der Waals surface area contributed by atoms with E-state index >= 15 is 0 Å². The molecule has 0 aliphatic heterocycles. The molecular weight excluding hydrogens is 144 g/mol. The second-order valence-electron chi connectivity index (χ2n) is 1.28. The maximum atomic E-state index is 10.4. The van der Waals surface area contributed by atoms with Crippen LogP contribution in [0.2, 0.25) is 0 Å². The molecule has 0 aliphatic carbocycles. The highest BCUT2D eigenvalue weighted by atomic mass is 33.1. The Morgan fingerprint density at radius 1 is 1.88 bits per heavy atom. The first-order chi connectivity index (χ1) is 3.81. The van der Waals surface area contributed by atoms with E-state index in [4.69, 9.17) is 0 Å². The van der Waals surface area contributed by atoms with Gasteiger partial charge >= 0.3 is 5.97 Å². The molecule has 48 valence electrons. The molecule has 0 aromatic rings. The van der Waals surface area contributed by atoms with Gasteiger partial charge in [0.1, 0.15) is 11.1 Å². The summed E-state index contributed by atoms with van der Waals surface area (Å²) in [6.45, 7) is 1.92. The molecule has 0 spiro atoms. The zero-order valence-electron chi connectivity index (χ0n) is 4.59. The van der Waals surface area contributed by atoms with E-state index in [0.717, 1.165) is 17.5 Å². The highest BCUT2D eigenvalue weighted by Crippen LogP contribution is 2.08. The average Bonchev–Trinajstić information content (AvgIpc) is 1.68. The quantitative estimate of drug-likeness (QED) is 0.379. The van der Waals surface area contributed by atoms with Crippen molar-refractivity contribution in [3.05, 3.63) is 0 Å². The SMILES string of the molecule is CCCC(=O)OSS. The first kappa shape index (κ1) is 8.17. The summed E-state index contributed by atoms with van der Waals surface area (Å²) in [6, 6.07) is 0. The molecule has 0 N–H and O–H groups in total. The molecule has 0 bridgehead atoms. The van der Waals surface area contributed by atoms with Gasteiger partial charge in [-0.1, -0.05) is 18.6 Å². The highest BCUT2D eigenvalue weighted by Gasteiger charge is 1.97. The number of hydrogen-bond donors (Lipinski definition) is 1. The standard InChI is InChI=1S/C4H8O2S2/c1-2-3-4(5)6-8-7/h7H,2-3H2,1H3. The lowest BCUT2D eigenvalue weighted by molar-refractivity contribution is -0.132. The van der Waals surface area contributed by atoms with Gasteiger partial charge in [-0.2, -0.15) is 0 Å². The zero-order valence-corrected chi connectivity index (χ0v) is 6.30. The Labute approximate surface area is 58.0 Å². The van der Waals surface area contributed by atoms with E-state index in [-0.39, 0.29) is 5.97 Å². The van der Waals surface area contributed by atoms with Gasteiger partial charge in [-0.05, 0) is 6.42 Å². The van der Waals surface area contributed by atoms with Gasteiger partial charge in [0.25, 0.3) is 0 Å². The van der Waals surface area contributed by atoms with Crippen LogP contribution in [0.25, 0.3) is 0 Å². The fourth-order valence-electron chi connectivity index (χ4n) is 0.287. The molecule has 0 saturated carbocycles. The maximum absolute atomic E-state index is 10.4. The summed E-state index contributed by atoms with van der Waals surface area (Å²) in [6.07, 6.45) is 1.31. The molecule has 8 heavy (non-hydrogen) atoms. The zero-order chi connectivity index (χ0) is 6.41. The average molecular weight is 152 g/mol. The topological polar surface area (TPSA) is 26.3 Å². The van der Waals surface area contributed by atoms with E-state index in [0.29, 0.717) is 6.42 Å². The van der Waals surface area contributed by atoms with Crippen LogP contribution in [0.15, 0.2) is 0 Å². The second kappa shape index (κ2) is 5.31. The molecule has 0 atom stereocenters. The predicted molar refractivity (Wildman–Crippen MR) is 37.6 cm³/mol. The van der Waals surface area contributed by atoms with E-state index in [1.165, 1.54) is 0 Å². The van der Waals surface area contributed by atoms with Gasteiger partial charge in [-0.15, -0.1) is 0 Å². The van der Waals surface area contributed by atoms with Gasteiger partial charge in [0.15, 0.2) is 0 Å². The van der Waals surface area contributed by atoms with Crippen LogP contribution in [0, 0.1) is 0 Å². The normalized spacial score (nSPS) is 8.75. The molecule has 2 nitrogen and oxygen atoms in total. The van der Waals surface area contributed by atoms with Crippen LogP contribution in [0.3, 0.4) is 0 Å². The molecule has 0 heterocycles. The van der Waals surface area contributed by atoms with Crippen LogP contribution in [-0.4, -0.2) is 5.97 Å². The lowest BCUT2D eigenvalue weighted by Gasteiger charge is -1.92. The van der Waals surface area contributed by atoms with Gasteiger partial charge < -0.3 is 4.18 Å². The smallest absolute Gasteiger partial charge is 0.318 e. The summed E-state index contributed by atoms with van der Waals surface area (Å²) < 4.78 is 4.42. The van der Waals surface area contributed by atoms with Gasteiger partial charge in [0.2, 0.25) is 0 Å². The van der Waals surface area contributed by atoms with Crippen LogP contribution < -0.4 is 0 Å². The minimum Gasteiger partial charge on any atom is -0.380 e. The van der Waals surface area contributed by atoms with Crippen molar-refractivity contribution in [1.82, 2.24) is 0 Å². The Bertz CT molecular complexity index is 66.4. The maximum Gasteiger partial charge on any atom is 0.318 e. The monoisotopic (exact) mass is 152 g/mol. The fourth-order valence-corrected chi connectivity index (χ4v) is 0.703. The molecule has 0 amide bonds. The summed E-state index contributed by atoms with van der Waals surface area (Å²) in [5.74, 6) is -0.201. The third-order valence-electron chi connectivity index (χ3n) is 0.584. The van der Waals surface area contributed by atoms with Gasteiger partial charge in [0, 0.05) is 6.42 Å². The Morgan fingerprint density at radius 3 is 2.88 bits per heavy atom. The third kappa shape index (κ3) is 4.33. The lowest BCUT2D eigenvalue weighted by atomic mass is 10.4. The highest BCUT2D eigenvalue weighted by molar-refractivity contribution is 8.66. The van der Waals surface area contributed by atoms with Crippen molar-refractivity contribution in [2.75, 3.05) is 0 Å². The third-order valence-corrected chi connectivity index (χ3v) is 1.07. The molecule has 0 saturated heterocycles. The minimum atomic E-state index is -0.201. The van der Waals surface area contributed by atoms with Crippen molar-refractivity contribution in [2.24, 2.45) is 0 Å². The largest absolute Gasteiger partial charge is 0.380 e. The molecule has 0 unspecified atom stereocenters. The van der Waals surface area contributed by atoms with E-state index in [2.05, 4.69) is 15.8 Å². The van der Waals surface area contributed by atoms with Gasteiger partial charge in [0.05, 0.1) is 0 Å². The first-order valence-corrected chi connectivity index (χ1v) is 4.11. The lowest BCUT2D eigenvalue weighted by Crippen LogP contribution is -1.94. The summed E-state index contributed by atoms with van der Waals surface area (Å²) >= 11 is 4.42. The van der Waals surface area contributed by atoms with Crippen LogP contribution >= 0.6 is 22.7 Å². The molecule has 0 aromatic carbocycles. The Kier molecular flexibility index (Phi) is 5.42. The summed E-state index contributed by atoms with van der Waals surface area (Å²) in [5.41, 5.74) is 0. The molecule has 0 radical (unpaired) electrons. The molecule has 0 rings (SSSR count). The van der Waals surface area contributed by atoms with Crippen molar-refractivity contribution in [3.63, 3.8) is 0 Å². The number of thiol groups is 1. The number of carbonyl (C=O) groups is 1. The summed E-state index contributed by atoms with van der Waals surface area (Å²) in [7, 11) is 0. The second-order valence-corrected chi connectivity index (χ2v) is 2.04. The van der Waals surface area contributed by atoms with Gasteiger partial charge in [-0.3, -0.25) is 4.79 Å². The number of hydrogen-bond acceptors (Lipinski definition) is 4. The van der Waals surface area contributed by atoms with Crippen molar-refractivity contribution in [3.8, 4) is 0 Å². The Morgan fingerprint density at radius 2 is 2.50 bits per heavy atom. The van der Waals surface area contributed by atoms with E-state index < -0.39 is 0 Å². The molecule has 0 aromatic heterocycles. The Balaban J connectivity index is 3.06. The van der Waals surface area contributed by atoms with Crippen molar-refractivity contribution in [2.45, 2.75) is 19.8 Å². The summed E-state index contributed by atoms with van der Waals surface area (Å²) in [4.78, 5) is 10.4. The van der Waals surface area contributed by atoms with Crippen molar-refractivity contribution >= 4 is 28.7 Å². The van der Waals surface area contributed by atoms with Crippen LogP contribution in [-0.2, 0) is 8.98 Å². The number of rotatable bonds is 3. The van der Waals surface area contributed by atoms with Crippen molar-refractivity contribution in [1.29, 1.82) is 0 Å². The van der Waals surface area contributed by atoms with E-state index in [1.807, 2.05) is 6.92 Å². The predicted octanol–water partition coefficient (Wildman–Crippen LogP) is 1.82. The van der Waals surface area contributed by atoms with Crippen LogP contribution in [0.5, 0.6) is 0 Å². The molecule has 0 fully saturated rings. The fraction of sp³-hybridized carbons (Fsp3) is 0.750. The van der Waals surface area contributed by atoms with Gasteiger partial charge in [-0.25, -0.2) is 0 Å². The first-order valence-electron chi connectivity index (χ1n) is 2.32. The minimum absolute atomic E-state index is 0.201.